The molecule has 0 aromatic rings. The van der Waals surface area contributed by atoms with Gasteiger partial charge < -0.3 is 27.9 Å². The number of hydrogen-bond donors (Lipinski definition) is 0. The summed E-state index contributed by atoms with van der Waals surface area (Å²) in [6, 6.07) is 0. The number of phosphoric acid groups is 1. The fourth-order valence-corrected chi connectivity index (χ4v) is 7.14. The lowest BCUT2D eigenvalue weighted by Crippen LogP contribution is -2.37. The fourth-order valence-electron chi connectivity index (χ4n) is 6.41. The largest absolute Gasteiger partial charge is 0.756 e. The summed E-state index contributed by atoms with van der Waals surface area (Å²) in [4.78, 5) is 37.5. The maximum Gasteiger partial charge on any atom is 0.306 e. The van der Waals surface area contributed by atoms with Crippen LogP contribution in [0.4, 0.5) is 0 Å². The number of allylic oxidation sites excluding steroid dienone is 2. The highest BCUT2D eigenvalue weighted by atomic mass is 31.2. The van der Waals surface area contributed by atoms with Crippen LogP contribution in [0.15, 0.2) is 12.2 Å². The van der Waals surface area contributed by atoms with E-state index in [-0.39, 0.29) is 32.0 Å². The second-order valence-corrected chi connectivity index (χ2v) is 18.2. The monoisotopic (exact) mass is 802 g/mol. The third-order valence-corrected chi connectivity index (χ3v) is 11.0. The van der Waals surface area contributed by atoms with E-state index in [2.05, 4.69) is 26.0 Å². The lowest BCUT2D eigenvalue weighted by molar-refractivity contribution is -0.870. The van der Waals surface area contributed by atoms with Gasteiger partial charge in [0.15, 0.2) is 6.10 Å². The number of carbonyl (C=O) groups is 2. The molecule has 0 saturated carbocycles. The molecule has 2 atom stereocenters. The molecule has 0 saturated heterocycles. The Labute approximate surface area is 339 Å². The van der Waals surface area contributed by atoms with Gasteiger partial charge in [0.25, 0.3) is 7.82 Å². The zero-order chi connectivity index (χ0) is 40.7. The smallest absolute Gasteiger partial charge is 0.306 e. The Morgan fingerprint density at radius 2 is 0.927 bits per heavy atom. The van der Waals surface area contributed by atoms with Gasteiger partial charge in [-0.15, -0.1) is 0 Å². The molecule has 0 aliphatic carbocycles. The minimum atomic E-state index is -4.62. The standard InChI is InChI=1S/C45H88NO8P/c1-6-8-10-12-14-16-18-20-21-22-23-24-25-26-28-29-31-33-35-37-44(47)51-41-43(42-53-55(49,50)52-40-39-46(3,4)5)54-45(48)38-36-34-32-30-27-19-17-15-13-11-9-7-2/h15,17,43H,6-14,16,18-42H2,1-5H3/b17-15+/t43-/m0/s1. The molecule has 9 nitrogen and oxygen atoms in total. The Hall–Kier alpha value is -1.25. The van der Waals surface area contributed by atoms with Gasteiger partial charge in [-0.05, 0) is 38.5 Å². The quantitative estimate of drug-likeness (QED) is 0.0197. The first-order valence-electron chi connectivity index (χ1n) is 22.9. The zero-order valence-corrected chi connectivity index (χ0v) is 37.5. The summed E-state index contributed by atoms with van der Waals surface area (Å²) >= 11 is 0. The second kappa shape index (κ2) is 38.3. The van der Waals surface area contributed by atoms with Crippen LogP contribution in [0.1, 0.15) is 213 Å². The summed E-state index contributed by atoms with van der Waals surface area (Å²) in [6.45, 7) is 4.22. The molecule has 0 amide bonds. The minimum Gasteiger partial charge on any atom is -0.756 e. The highest BCUT2D eigenvalue weighted by molar-refractivity contribution is 7.45. The predicted molar refractivity (Wildman–Crippen MR) is 227 cm³/mol. The Kier molecular flexibility index (Phi) is 37.4. The summed E-state index contributed by atoms with van der Waals surface area (Å²) in [6.07, 6.45) is 39.5. The number of rotatable bonds is 42. The van der Waals surface area contributed by atoms with Crippen LogP contribution in [0.25, 0.3) is 0 Å². The first kappa shape index (κ1) is 53.8. The van der Waals surface area contributed by atoms with Gasteiger partial charge >= 0.3 is 11.9 Å². The van der Waals surface area contributed by atoms with Crippen LogP contribution in [-0.2, 0) is 32.7 Å². The van der Waals surface area contributed by atoms with Crippen molar-refractivity contribution >= 4 is 19.8 Å². The van der Waals surface area contributed by atoms with Crippen molar-refractivity contribution in [1.82, 2.24) is 0 Å². The zero-order valence-electron chi connectivity index (χ0n) is 36.6. The SMILES string of the molecule is CCCCC/C=C/CCCCCCCC(=O)O[C@@H](COC(=O)CCCCCCCCCCCCCCCCCCCCC)COP(=O)([O-])OCC[N+](C)(C)C. The van der Waals surface area contributed by atoms with Crippen LogP contribution < -0.4 is 4.89 Å². The third-order valence-electron chi connectivity index (χ3n) is 10.0. The lowest BCUT2D eigenvalue weighted by atomic mass is 10.0. The summed E-state index contributed by atoms with van der Waals surface area (Å²) < 4.78 is 33.9. The first-order chi connectivity index (χ1) is 26.5. The molecular formula is C45H88NO8P. The van der Waals surface area contributed by atoms with E-state index < -0.39 is 26.5 Å². The number of ether oxygens (including phenoxy) is 2. The van der Waals surface area contributed by atoms with Gasteiger partial charge in [0.1, 0.15) is 19.8 Å². The van der Waals surface area contributed by atoms with E-state index in [4.69, 9.17) is 18.5 Å². The fraction of sp³-hybridized carbons (Fsp3) is 0.911. The summed E-state index contributed by atoms with van der Waals surface area (Å²) in [5, 5.41) is 0. The molecule has 0 bridgehead atoms. The molecule has 0 aromatic carbocycles. The third kappa shape index (κ3) is 42.2. The highest BCUT2D eigenvalue weighted by Crippen LogP contribution is 2.38. The molecular weight excluding hydrogens is 713 g/mol. The van der Waals surface area contributed by atoms with Crippen molar-refractivity contribution in [2.24, 2.45) is 0 Å². The average Bonchev–Trinajstić information content (AvgIpc) is 3.13. The number of likely N-dealkylation sites (N-methyl/N-ethyl adjacent to an activating group) is 1. The molecule has 0 N–H and O–H groups in total. The van der Waals surface area contributed by atoms with Gasteiger partial charge in [0.2, 0.25) is 0 Å². The maximum atomic E-state index is 12.6. The van der Waals surface area contributed by atoms with E-state index in [0.717, 1.165) is 57.8 Å². The Morgan fingerprint density at radius 1 is 0.545 bits per heavy atom. The van der Waals surface area contributed by atoms with Crippen LogP contribution in [0.2, 0.25) is 0 Å². The van der Waals surface area contributed by atoms with E-state index in [1.54, 1.807) is 0 Å². The van der Waals surface area contributed by atoms with Gasteiger partial charge in [-0.2, -0.15) is 0 Å². The molecule has 0 aromatic heterocycles. The number of esters is 2. The minimum absolute atomic E-state index is 0.0294. The Balaban J connectivity index is 4.25. The van der Waals surface area contributed by atoms with E-state index >= 15 is 0 Å². The van der Waals surface area contributed by atoms with Gasteiger partial charge in [-0.25, -0.2) is 0 Å². The molecule has 0 rings (SSSR count). The van der Waals surface area contributed by atoms with Crippen molar-refractivity contribution in [2.45, 2.75) is 219 Å². The molecule has 1 unspecified atom stereocenters. The molecule has 0 aliphatic rings. The number of carbonyl (C=O) groups excluding carboxylic acids is 2. The van der Waals surface area contributed by atoms with Crippen molar-refractivity contribution in [2.75, 3.05) is 47.5 Å². The molecule has 326 valence electrons. The summed E-state index contributed by atoms with van der Waals surface area (Å²) in [5.74, 6) is -0.835. The molecule has 0 fully saturated rings. The normalized spacial score (nSPS) is 13.6. The van der Waals surface area contributed by atoms with Gasteiger partial charge in [0, 0.05) is 12.8 Å². The van der Waals surface area contributed by atoms with Crippen molar-refractivity contribution in [1.29, 1.82) is 0 Å². The summed E-state index contributed by atoms with van der Waals surface area (Å²) in [5.41, 5.74) is 0. The van der Waals surface area contributed by atoms with Crippen LogP contribution >= 0.6 is 7.82 Å². The van der Waals surface area contributed by atoms with Crippen LogP contribution in [-0.4, -0.2) is 70.0 Å². The van der Waals surface area contributed by atoms with E-state index in [1.165, 1.54) is 122 Å². The molecule has 0 spiro atoms. The van der Waals surface area contributed by atoms with Gasteiger partial charge in [0.05, 0.1) is 27.7 Å². The van der Waals surface area contributed by atoms with E-state index in [1.807, 2.05) is 21.1 Å². The second-order valence-electron chi connectivity index (χ2n) is 16.8. The molecule has 0 radical (unpaired) electrons. The number of quaternary nitrogens is 1. The Bertz CT molecular complexity index is 954. The lowest BCUT2D eigenvalue weighted by Gasteiger charge is -2.28. The van der Waals surface area contributed by atoms with Crippen LogP contribution in [0.5, 0.6) is 0 Å². The molecule has 0 heterocycles. The summed E-state index contributed by atoms with van der Waals surface area (Å²) in [7, 11) is 1.17. The first-order valence-corrected chi connectivity index (χ1v) is 24.4. The maximum absolute atomic E-state index is 12.6. The van der Waals surface area contributed by atoms with Crippen molar-refractivity contribution in [3.05, 3.63) is 12.2 Å². The van der Waals surface area contributed by atoms with E-state index in [0.29, 0.717) is 17.4 Å². The topological polar surface area (TPSA) is 111 Å². The molecule has 10 heteroatoms. The van der Waals surface area contributed by atoms with Crippen molar-refractivity contribution in [3.63, 3.8) is 0 Å². The van der Waals surface area contributed by atoms with Gasteiger partial charge in [-0.1, -0.05) is 174 Å². The Morgan fingerprint density at radius 3 is 1.38 bits per heavy atom. The van der Waals surface area contributed by atoms with Crippen LogP contribution in [0.3, 0.4) is 0 Å². The van der Waals surface area contributed by atoms with E-state index in [9.17, 15) is 19.0 Å². The molecule has 0 aliphatic heterocycles. The van der Waals surface area contributed by atoms with Crippen molar-refractivity contribution in [3.8, 4) is 0 Å². The number of hydrogen-bond acceptors (Lipinski definition) is 8. The van der Waals surface area contributed by atoms with Crippen LogP contribution in [0, 0.1) is 0 Å². The van der Waals surface area contributed by atoms with Crippen molar-refractivity contribution < 1.29 is 42.1 Å². The number of phosphoric ester groups is 1. The average molecular weight is 802 g/mol. The van der Waals surface area contributed by atoms with Gasteiger partial charge in [-0.3, -0.25) is 14.2 Å². The number of nitrogens with zero attached hydrogens (tertiary/aromatic N) is 1. The molecule has 55 heavy (non-hydrogen) atoms. The highest BCUT2D eigenvalue weighted by Gasteiger charge is 2.21. The number of unbranched alkanes of at least 4 members (excludes halogenated alkanes) is 26. The predicted octanol–water partition coefficient (Wildman–Crippen LogP) is 12.3.